The molecule has 0 radical (unpaired) electrons. The molecule has 1 saturated carbocycles. The molecule has 9 nitrogen and oxygen atoms in total. The highest BCUT2D eigenvalue weighted by atomic mass is 32.2. The van der Waals surface area contributed by atoms with Crippen LogP contribution in [0.3, 0.4) is 0 Å². The number of carboxylic acid groups (broad SMARTS) is 1. The topological polar surface area (TPSA) is 138 Å². The van der Waals surface area contributed by atoms with Crippen molar-refractivity contribution in [1.82, 2.24) is 9.29 Å². The Bertz CT molecular complexity index is 1880. The molecule has 0 aliphatic heterocycles. The van der Waals surface area contributed by atoms with E-state index in [1.54, 1.807) is 23.5 Å². The zero-order chi connectivity index (χ0) is 28.2. The van der Waals surface area contributed by atoms with Crippen molar-refractivity contribution in [2.75, 3.05) is 7.11 Å². The van der Waals surface area contributed by atoms with E-state index in [-0.39, 0.29) is 16.5 Å². The van der Waals surface area contributed by atoms with E-state index in [9.17, 15) is 23.1 Å². The molecule has 204 valence electrons. The van der Waals surface area contributed by atoms with Gasteiger partial charge in [0.2, 0.25) is 15.5 Å². The second-order valence-corrected chi connectivity index (χ2v) is 12.9. The lowest BCUT2D eigenvalue weighted by molar-refractivity contribution is 0.0694. The van der Waals surface area contributed by atoms with E-state index in [0.717, 1.165) is 46.6 Å². The molecule has 0 amide bonds. The largest absolute Gasteiger partial charge is 0.494 e. The maximum absolute atomic E-state index is 13.2. The minimum Gasteiger partial charge on any atom is -0.494 e. The Kier molecular flexibility index (Phi) is 6.49. The van der Waals surface area contributed by atoms with Crippen molar-refractivity contribution in [3.63, 3.8) is 0 Å². The number of nitrogens with one attached hydrogen (secondary N) is 1. The number of benzene rings is 2. The van der Waals surface area contributed by atoms with Gasteiger partial charge >= 0.3 is 5.97 Å². The summed E-state index contributed by atoms with van der Waals surface area (Å²) in [7, 11) is -2.28. The molecule has 0 spiro atoms. The van der Waals surface area contributed by atoms with Crippen LogP contribution in [-0.2, 0) is 16.4 Å². The van der Waals surface area contributed by atoms with Gasteiger partial charge in [-0.25, -0.2) is 17.9 Å². The number of hydrogen-bond acceptors (Lipinski definition) is 7. The molecule has 0 bridgehead atoms. The number of aromatic nitrogens is 1. The maximum atomic E-state index is 13.2. The van der Waals surface area contributed by atoms with E-state index >= 15 is 0 Å². The number of pyridine rings is 1. The summed E-state index contributed by atoms with van der Waals surface area (Å²) in [6.07, 6.45) is 5.48. The Morgan fingerprint density at radius 3 is 2.58 bits per heavy atom. The van der Waals surface area contributed by atoms with E-state index in [1.165, 1.54) is 37.6 Å². The first-order valence-electron chi connectivity index (χ1n) is 12.9. The number of fused-ring (bicyclic) bond motifs is 2. The minimum atomic E-state index is -3.81. The Morgan fingerprint density at radius 1 is 1.18 bits per heavy atom. The number of carbonyl (C=O) groups is 1. The van der Waals surface area contributed by atoms with Crippen LogP contribution in [0.5, 0.6) is 5.75 Å². The standard InChI is InChI=1S/C29H25N3O6S2/c1-38-28-19(11-12-20-26(28)32(17-7-8-17)15-22(27(20)33)29(34)35)25-13-21-23(3-2-4-24(21)39-25)31-40(36,37)18-9-5-16(14-30)6-10-18/h5-6,9-13,15,17,23,31H,2-4,7-8H2,1H3,(H,34,35). The fraction of sp³-hybridized carbons (Fsp3) is 0.276. The molecular formula is C29H25N3O6S2. The summed E-state index contributed by atoms with van der Waals surface area (Å²) in [5.41, 5.74) is 1.82. The smallest absolute Gasteiger partial charge is 0.341 e. The molecule has 1 fully saturated rings. The van der Waals surface area contributed by atoms with E-state index in [4.69, 9.17) is 10.00 Å². The highest BCUT2D eigenvalue weighted by Gasteiger charge is 2.31. The number of nitrogens with zero attached hydrogens (tertiary/aromatic N) is 2. The van der Waals surface area contributed by atoms with Crippen molar-refractivity contribution in [2.24, 2.45) is 0 Å². The van der Waals surface area contributed by atoms with E-state index in [2.05, 4.69) is 4.72 Å². The number of thiophene rings is 1. The molecule has 40 heavy (non-hydrogen) atoms. The summed E-state index contributed by atoms with van der Waals surface area (Å²) in [6.45, 7) is 0. The molecule has 1 unspecified atom stereocenters. The number of ether oxygens (including phenoxy) is 1. The second kappa shape index (κ2) is 9.89. The van der Waals surface area contributed by atoms with Crippen molar-refractivity contribution in [3.05, 3.63) is 80.5 Å². The van der Waals surface area contributed by atoms with E-state index < -0.39 is 27.5 Å². The van der Waals surface area contributed by atoms with Gasteiger partial charge in [0.05, 0.1) is 34.5 Å². The van der Waals surface area contributed by atoms with Crippen molar-refractivity contribution in [3.8, 4) is 22.3 Å². The normalized spacial score (nSPS) is 16.9. The third kappa shape index (κ3) is 4.48. The number of aromatic carboxylic acids is 1. The zero-order valence-corrected chi connectivity index (χ0v) is 23.1. The predicted octanol–water partition coefficient (Wildman–Crippen LogP) is 5.00. The SMILES string of the molecule is COc1c(-c2cc3c(s2)CCCC3NS(=O)(=O)c2ccc(C#N)cc2)ccc2c(=O)c(C(=O)O)cn(C3CC3)c12. The van der Waals surface area contributed by atoms with Crippen molar-refractivity contribution >= 4 is 38.2 Å². The van der Waals surface area contributed by atoms with Crippen LogP contribution >= 0.6 is 11.3 Å². The van der Waals surface area contributed by atoms with Gasteiger partial charge in [0, 0.05) is 33.6 Å². The van der Waals surface area contributed by atoms with Crippen LogP contribution in [0.4, 0.5) is 0 Å². The summed E-state index contributed by atoms with van der Waals surface area (Å²) >= 11 is 1.57. The van der Waals surface area contributed by atoms with Gasteiger partial charge in [0.1, 0.15) is 5.56 Å². The lowest BCUT2D eigenvalue weighted by Crippen LogP contribution is -2.30. The number of hydrogen-bond donors (Lipinski definition) is 2. The number of nitriles is 1. The van der Waals surface area contributed by atoms with Crippen molar-refractivity contribution in [2.45, 2.75) is 49.1 Å². The van der Waals surface area contributed by atoms with Gasteiger partial charge in [-0.2, -0.15) is 5.26 Å². The first-order valence-corrected chi connectivity index (χ1v) is 15.2. The van der Waals surface area contributed by atoms with Crippen LogP contribution in [-0.4, -0.2) is 31.2 Å². The summed E-state index contributed by atoms with van der Waals surface area (Å²) in [5.74, 6) is -0.767. The molecule has 2 aliphatic rings. The number of carboxylic acids is 1. The van der Waals surface area contributed by atoms with Gasteiger partial charge in [0.25, 0.3) is 0 Å². The fourth-order valence-electron chi connectivity index (χ4n) is 5.39. The first-order chi connectivity index (χ1) is 19.2. The van der Waals surface area contributed by atoms with Crippen LogP contribution in [0.1, 0.15) is 64.1 Å². The van der Waals surface area contributed by atoms with Crippen LogP contribution in [0, 0.1) is 11.3 Å². The summed E-state index contributed by atoms with van der Waals surface area (Å²) in [4.78, 5) is 26.9. The molecule has 4 aromatic rings. The zero-order valence-electron chi connectivity index (χ0n) is 21.5. The number of aryl methyl sites for hydroxylation is 1. The van der Waals surface area contributed by atoms with Crippen LogP contribution in [0.25, 0.3) is 21.3 Å². The highest BCUT2D eigenvalue weighted by Crippen LogP contribution is 2.46. The average Bonchev–Trinajstić information content (AvgIpc) is 3.70. The quantitative estimate of drug-likeness (QED) is 0.316. The highest BCUT2D eigenvalue weighted by molar-refractivity contribution is 7.89. The Labute approximate surface area is 234 Å². The van der Waals surface area contributed by atoms with Gasteiger partial charge < -0.3 is 14.4 Å². The molecule has 2 aromatic carbocycles. The molecule has 6 rings (SSSR count). The summed E-state index contributed by atoms with van der Waals surface area (Å²) in [5, 5.41) is 18.9. The van der Waals surface area contributed by atoms with Crippen LogP contribution in [0.15, 0.2) is 58.4 Å². The van der Waals surface area contributed by atoms with E-state index in [0.29, 0.717) is 28.6 Å². The third-order valence-corrected chi connectivity index (χ3v) is 10.2. The van der Waals surface area contributed by atoms with Gasteiger partial charge in [-0.1, -0.05) is 0 Å². The number of methoxy groups -OCH3 is 1. The average molecular weight is 576 g/mol. The monoisotopic (exact) mass is 575 g/mol. The Hall–Kier alpha value is -3.98. The molecular weight excluding hydrogens is 550 g/mol. The van der Waals surface area contributed by atoms with Gasteiger partial charge in [-0.15, -0.1) is 11.3 Å². The molecule has 11 heteroatoms. The Morgan fingerprint density at radius 2 is 1.93 bits per heavy atom. The van der Waals surface area contributed by atoms with E-state index in [1.807, 2.05) is 16.7 Å². The third-order valence-electron chi connectivity index (χ3n) is 7.49. The van der Waals surface area contributed by atoms with Crippen molar-refractivity contribution in [1.29, 1.82) is 5.26 Å². The van der Waals surface area contributed by atoms with Gasteiger partial charge in [0.15, 0.2) is 5.75 Å². The minimum absolute atomic E-state index is 0.0999. The first kappa shape index (κ1) is 26.3. The molecule has 2 aliphatic carbocycles. The van der Waals surface area contributed by atoms with Crippen LogP contribution < -0.4 is 14.9 Å². The maximum Gasteiger partial charge on any atom is 0.341 e. The molecule has 0 saturated heterocycles. The Balaban J connectivity index is 1.42. The molecule has 2 aromatic heterocycles. The molecule has 2 heterocycles. The van der Waals surface area contributed by atoms with Crippen molar-refractivity contribution < 1.29 is 23.1 Å². The van der Waals surface area contributed by atoms with Gasteiger partial charge in [-0.05, 0) is 80.1 Å². The second-order valence-electron chi connectivity index (χ2n) is 10.0. The summed E-state index contributed by atoms with van der Waals surface area (Å²) in [6, 6.07) is 12.9. The lowest BCUT2D eigenvalue weighted by Gasteiger charge is -2.23. The predicted molar refractivity (Wildman–Crippen MR) is 150 cm³/mol. The molecule has 2 N–H and O–H groups in total. The van der Waals surface area contributed by atoms with Gasteiger partial charge in [-0.3, -0.25) is 4.79 Å². The summed E-state index contributed by atoms with van der Waals surface area (Å²) < 4.78 is 36.9. The van der Waals surface area contributed by atoms with Crippen LogP contribution in [0.2, 0.25) is 0 Å². The lowest BCUT2D eigenvalue weighted by atomic mass is 9.94. The number of sulfonamides is 1. The fourth-order valence-corrected chi connectivity index (χ4v) is 7.92. The number of rotatable bonds is 7. The molecule has 1 atom stereocenters.